The van der Waals surface area contributed by atoms with Crippen molar-refractivity contribution in [3.63, 3.8) is 0 Å². The van der Waals surface area contributed by atoms with Crippen LogP contribution >= 0.6 is 0 Å². The Kier molecular flexibility index (Phi) is 4.95. The highest BCUT2D eigenvalue weighted by molar-refractivity contribution is 5.95. The van der Waals surface area contributed by atoms with Crippen LogP contribution in [0.1, 0.15) is 34.5 Å². The van der Waals surface area contributed by atoms with Crippen LogP contribution in [0.15, 0.2) is 60.8 Å². The highest BCUT2D eigenvalue weighted by atomic mass is 19.1. The third kappa shape index (κ3) is 3.32. The molecule has 4 aromatic rings. The lowest BCUT2D eigenvalue weighted by Crippen LogP contribution is -2.27. The summed E-state index contributed by atoms with van der Waals surface area (Å²) in [5.41, 5.74) is 4.51. The van der Waals surface area contributed by atoms with E-state index in [-0.39, 0.29) is 11.7 Å². The number of fused-ring (bicyclic) bond motifs is 1. The minimum Gasteiger partial charge on any atom is -0.339 e. The molecule has 0 saturated carbocycles. The number of nitriles is 1. The van der Waals surface area contributed by atoms with Gasteiger partial charge in [-0.25, -0.2) is 9.37 Å². The van der Waals surface area contributed by atoms with Gasteiger partial charge in [-0.2, -0.15) is 5.26 Å². The maximum atomic E-state index is 14.8. The summed E-state index contributed by atoms with van der Waals surface area (Å²) in [6.07, 6.45) is 3.75. The predicted octanol–water partition coefficient (Wildman–Crippen LogP) is 5.22. The highest BCUT2D eigenvalue weighted by Crippen LogP contribution is 2.35. The molecule has 2 aromatic heterocycles. The number of halogens is 1. The summed E-state index contributed by atoms with van der Waals surface area (Å²) < 4.78 is 16.5. The van der Waals surface area contributed by atoms with E-state index in [1.165, 1.54) is 6.07 Å². The fourth-order valence-corrected chi connectivity index (χ4v) is 4.34. The van der Waals surface area contributed by atoms with Crippen molar-refractivity contribution in [1.82, 2.24) is 14.3 Å². The molecule has 5 nitrogen and oxygen atoms in total. The van der Waals surface area contributed by atoms with Crippen molar-refractivity contribution in [3.8, 4) is 28.5 Å². The maximum Gasteiger partial charge on any atom is 0.254 e. The molecule has 0 atom stereocenters. The molecule has 0 aliphatic carbocycles. The van der Waals surface area contributed by atoms with Gasteiger partial charge in [-0.1, -0.05) is 36.4 Å². The minimum absolute atomic E-state index is 0.0183. The van der Waals surface area contributed by atoms with Gasteiger partial charge < -0.3 is 4.90 Å². The molecule has 1 aliphatic rings. The van der Waals surface area contributed by atoms with Crippen LogP contribution in [0.3, 0.4) is 0 Å². The average molecular weight is 424 g/mol. The molecular weight excluding hydrogens is 403 g/mol. The number of pyridine rings is 1. The second-order valence-corrected chi connectivity index (χ2v) is 8.09. The zero-order valence-corrected chi connectivity index (χ0v) is 17.7. The van der Waals surface area contributed by atoms with E-state index < -0.39 is 0 Å². The zero-order valence-electron chi connectivity index (χ0n) is 17.7. The van der Waals surface area contributed by atoms with Crippen molar-refractivity contribution in [2.75, 3.05) is 13.1 Å². The van der Waals surface area contributed by atoms with E-state index >= 15 is 0 Å². The third-order valence-electron chi connectivity index (χ3n) is 5.97. The lowest BCUT2D eigenvalue weighted by molar-refractivity contribution is 0.0793. The molecule has 0 radical (unpaired) electrons. The van der Waals surface area contributed by atoms with Crippen molar-refractivity contribution in [1.29, 1.82) is 5.26 Å². The number of imidazole rings is 1. The number of rotatable bonds is 3. The molecule has 1 amide bonds. The van der Waals surface area contributed by atoms with E-state index in [1.54, 1.807) is 28.8 Å². The molecule has 1 aliphatic heterocycles. The Morgan fingerprint density at radius 3 is 2.50 bits per heavy atom. The van der Waals surface area contributed by atoms with E-state index in [4.69, 9.17) is 4.98 Å². The molecular formula is C26H21FN4O. The van der Waals surface area contributed by atoms with Gasteiger partial charge >= 0.3 is 0 Å². The molecule has 3 heterocycles. The first-order chi connectivity index (χ1) is 15.6. The summed E-state index contributed by atoms with van der Waals surface area (Å²) in [5.74, 6) is -0.339. The Balaban J connectivity index is 1.65. The molecule has 5 rings (SSSR count). The van der Waals surface area contributed by atoms with Crippen LogP contribution < -0.4 is 0 Å². The van der Waals surface area contributed by atoms with Gasteiger partial charge in [-0.05, 0) is 49.1 Å². The van der Waals surface area contributed by atoms with Crippen LogP contribution in [-0.2, 0) is 0 Å². The van der Waals surface area contributed by atoms with Crippen LogP contribution in [0.25, 0.3) is 28.0 Å². The summed E-state index contributed by atoms with van der Waals surface area (Å²) in [6.45, 7) is 3.38. The van der Waals surface area contributed by atoms with Gasteiger partial charge in [-0.3, -0.25) is 9.20 Å². The second kappa shape index (κ2) is 7.93. The van der Waals surface area contributed by atoms with Crippen molar-refractivity contribution in [2.24, 2.45) is 0 Å². The molecule has 0 spiro atoms. The number of nitrogens with zero attached hydrogens (tertiary/aromatic N) is 4. The van der Waals surface area contributed by atoms with Crippen molar-refractivity contribution in [3.05, 3.63) is 83.4 Å². The Morgan fingerprint density at radius 1 is 1.03 bits per heavy atom. The third-order valence-corrected chi connectivity index (χ3v) is 5.97. The molecule has 6 heteroatoms. The smallest absolute Gasteiger partial charge is 0.254 e. The standard InChI is InChI=1S/C26H21FN4O/c1-17-8-9-20(22(27)14-17)19-6-2-3-7-21(19)25-23(16-28)31-13-10-18(15-24(31)29-25)26(32)30-11-4-5-12-30/h2-3,6-10,13-15H,4-5,11-12H2,1H3. The van der Waals surface area contributed by atoms with Gasteiger partial charge in [0.15, 0.2) is 5.69 Å². The number of carbonyl (C=O) groups excluding carboxylic acids is 1. The molecule has 1 fully saturated rings. The van der Waals surface area contributed by atoms with Crippen LogP contribution in [0.2, 0.25) is 0 Å². The highest BCUT2D eigenvalue weighted by Gasteiger charge is 2.22. The Bertz CT molecular complexity index is 1390. The van der Waals surface area contributed by atoms with Crippen molar-refractivity contribution >= 4 is 11.6 Å². The van der Waals surface area contributed by atoms with Crippen LogP contribution in [0, 0.1) is 24.1 Å². The van der Waals surface area contributed by atoms with Gasteiger partial charge in [0.1, 0.15) is 23.2 Å². The number of likely N-dealkylation sites (tertiary alicyclic amines) is 1. The van der Waals surface area contributed by atoms with Crippen molar-refractivity contribution < 1.29 is 9.18 Å². The van der Waals surface area contributed by atoms with E-state index in [0.29, 0.717) is 39.3 Å². The summed E-state index contributed by atoms with van der Waals surface area (Å²) in [5, 5.41) is 9.91. The molecule has 1 saturated heterocycles. The molecule has 0 N–H and O–H groups in total. The first kappa shape index (κ1) is 20.0. The van der Waals surface area contributed by atoms with Crippen LogP contribution in [0.5, 0.6) is 0 Å². The van der Waals surface area contributed by atoms with E-state index in [1.807, 2.05) is 42.2 Å². The summed E-state index contributed by atoms with van der Waals surface area (Å²) in [6, 6.07) is 18.1. The average Bonchev–Trinajstić information content (AvgIpc) is 3.46. The molecule has 158 valence electrons. The number of benzene rings is 2. The van der Waals surface area contributed by atoms with Crippen LogP contribution in [0.4, 0.5) is 4.39 Å². The lowest BCUT2D eigenvalue weighted by atomic mass is 9.96. The summed E-state index contributed by atoms with van der Waals surface area (Å²) in [4.78, 5) is 19.4. The summed E-state index contributed by atoms with van der Waals surface area (Å²) in [7, 11) is 0. The normalized spacial score (nSPS) is 13.5. The topological polar surface area (TPSA) is 61.4 Å². The fraction of sp³-hybridized carbons (Fsp3) is 0.192. The maximum absolute atomic E-state index is 14.8. The Hall–Kier alpha value is -3.98. The van der Waals surface area contributed by atoms with Gasteiger partial charge in [-0.15, -0.1) is 0 Å². The predicted molar refractivity (Wildman–Crippen MR) is 121 cm³/mol. The van der Waals surface area contributed by atoms with E-state index in [2.05, 4.69) is 6.07 Å². The summed E-state index contributed by atoms with van der Waals surface area (Å²) >= 11 is 0. The van der Waals surface area contributed by atoms with Gasteiger partial charge in [0.2, 0.25) is 0 Å². The molecule has 32 heavy (non-hydrogen) atoms. The largest absolute Gasteiger partial charge is 0.339 e. The van der Waals surface area contributed by atoms with Crippen LogP contribution in [-0.4, -0.2) is 33.3 Å². The number of amides is 1. The zero-order chi connectivity index (χ0) is 22.2. The molecule has 0 bridgehead atoms. The number of aryl methyl sites for hydroxylation is 1. The first-order valence-corrected chi connectivity index (χ1v) is 10.6. The first-order valence-electron chi connectivity index (χ1n) is 10.6. The Morgan fingerprint density at radius 2 is 1.78 bits per heavy atom. The molecule has 0 unspecified atom stereocenters. The number of hydrogen-bond donors (Lipinski definition) is 0. The number of carbonyl (C=O) groups is 1. The number of aromatic nitrogens is 2. The van der Waals surface area contributed by atoms with E-state index in [0.717, 1.165) is 31.5 Å². The SMILES string of the molecule is Cc1ccc(-c2ccccc2-c2nc3cc(C(=O)N4CCCC4)ccn3c2C#N)c(F)c1. The monoisotopic (exact) mass is 424 g/mol. The quantitative estimate of drug-likeness (QED) is 0.453. The Labute approximate surface area is 185 Å². The van der Waals surface area contributed by atoms with Gasteiger partial charge in [0.25, 0.3) is 5.91 Å². The van der Waals surface area contributed by atoms with Gasteiger partial charge in [0, 0.05) is 36.0 Å². The number of hydrogen-bond acceptors (Lipinski definition) is 3. The lowest BCUT2D eigenvalue weighted by Gasteiger charge is -2.15. The fourth-order valence-electron chi connectivity index (χ4n) is 4.34. The van der Waals surface area contributed by atoms with Crippen molar-refractivity contribution in [2.45, 2.75) is 19.8 Å². The van der Waals surface area contributed by atoms with E-state index in [9.17, 15) is 14.4 Å². The van der Waals surface area contributed by atoms with Gasteiger partial charge in [0.05, 0.1) is 0 Å². The molecule has 2 aromatic carbocycles. The minimum atomic E-state index is -0.321. The second-order valence-electron chi connectivity index (χ2n) is 8.09.